The lowest BCUT2D eigenvalue weighted by Gasteiger charge is -2.38. The topological polar surface area (TPSA) is 108 Å². The molecule has 156 valence electrons. The third-order valence-electron chi connectivity index (χ3n) is 4.43. The van der Waals surface area contributed by atoms with Crippen molar-refractivity contribution >= 4 is 16.1 Å². The Morgan fingerprint density at radius 2 is 1.72 bits per heavy atom. The normalized spacial score (nSPS) is 24.8. The molecule has 0 spiro atoms. The average molecular weight is 422 g/mol. The minimum Gasteiger partial charge on any atom is -0.450 e. The predicted octanol–water partition coefficient (Wildman–Crippen LogP) is 1.66. The molecule has 0 aliphatic carbocycles. The number of hydrogen-bond acceptors (Lipinski definition) is 8. The number of aryl methyl sites for hydroxylation is 1. The van der Waals surface area contributed by atoms with Gasteiger partial charge in [-0.25, -0.2) is 4.79 Å². The third kappa shape index (κ3) is 5.01. The van der Waals surface area contributed by atoms with Crippen LogP contribution in [-0.4, -0.2) is 57.8 Å². The van der Waals surface area contributed by atoms with Gasteiger partial charge in [0.25, 0.3) is 10.1 Å². The van der Waals surface area contributed by atoms with Gasteiger partial charge in [0.2, 0.25) is 0 Å². The zero-order valence-corrected chi connectivity index (χ0v) is 16.7. The Morgan fingerprint density at radius 3 is 2.34 bits per heavy atom. The summed E-state index contributed by atoms with van der Waals surface area (Å²) in [5, 5.41) is 10.3. The molecule has 0 bridgehead atoms. The Kier molecular flexibility index (Phi) is 6.66. The van der Waals surface area contributed by atoms with E-state index in [9.17, 15) is 18.3 Å². The van der Waals surface area contributed by atoms with E-state index in [-0.39, 0.29) is 17.1 Å². The van der Waals surface area contributed by atoms with Crippen molar-refractivity contribution in [1.82, 2.24) is 0 Å². The first-order valence-electron chi connectivity index (χ1n) is 8.90. The summed E-state index contributed by atoms with van der Waals surface area (Å²) in [5.41, 5.74) is 1.13. The van der Waals surface area contributed by atoms with E-state index in [2.05, 4.69) is 0 Å². The number of rotatable bonds is 6. The van der Waals surface area contributed by atoms with Gasteiger partial charge in [-0.1, -0.05) is 35.9 Å². The van der Waals surface area contributed by atoms with Crippen LogP contribution in [-0.2, 0) is 28.5 Å². The lowest BCUT2D eigenvalue weighted by molar-refractivity contribution is -0.255. The Balaban J connectivity index is 1.86. The Bertz CT molecular complexity index is 927. The lowest BCUT2D eigenvalue weighted by atomic mass is 10.1. The molecule has 1 N–H and O–H groups in total. The van der Waals surface area contributed by atoms with Gasteiger partial charge in [-0.3, -0.25) is 4.18 Å². The molecule has 1 fully saturated rings. The zero-order valence-electron chi connectivity index (χ0n) is 15.9. The van der Waals surface area contributed by atoms with Gasteiger partial charge in [0.15, 0.2) is 12.4 Å². The summed E-state index contributed by atoms with van der Waals surface area (Å²) in [4.78, 5) is 12.4. The molecular weight excluding hydrogens is 400 g/mol. The second-order valence-corrected chi connectivity index (χ2v) is 8.14. The molecule has 1 aliphatic heterocycles. The molecule has 0 radical (unpaired) electrons. The molecule has 0 unspecified atom stereocenters. The number of methoxy groups -OCH3 is 1. The maximum Gasteiger partial charge on any atom is 0.338 e. The van der Waals surface area contributed by atoms with Crippen molar-refractivity contribution in [2.45, 2.75) is 36.4 Å². The van der Waals surface area contributed by atoms with E-state index in [1.54, 1.807) is 42.5 Å². The first-order chi connectivity index (χ1) is 13.8. The van der Waals surface area contributed by atoms with Crippen LogP contribution in [0.15, 0.2) is 59.5 Å². The molecular formula is C20H22O8S. The van der Waals surface area contributed by atoms with Crippen LogP contribution in [0.5, 0.6) is 0 Å². The van der Waals surface area contributed by atoms with Crippen LogP contribution in [0, 0.1) is 6.92 Å². The third-order valence-corrected chi connectivity index (χ3v) is 5.76. The van der Waals surface area contributed by atoms with Gasteiger partial charge in [-0.2, -0.15) is 8.42 Å². The van der Waals surface area contributed by atoms with Gasteiger partial charge in [-0.05, 0) is 31.2 Å². The van der Waals surface area contributed by atoms with Crippen LogP contribution in [0.2, 0.25) is 0 Å². The SMILES string of the molecule is CO[C@H]1OC[C@@H](O)[C@H](OS(=O)(=O)c2ccc(C)cc2)[C@H]1OC(=O)c1ccccc1. The Morgan fingerprint density at radius 1 is 1.07 bits per heavy atom. The minimum absolute atomic E-state index is 0.0797. The van der Waals surface area contributed by atoms with Crippen molar-refractivity contribution in [2.75, 3.05) is 13.7 Å². The number of esters is 1. The molecule has 1 heterocycles. The second kappa shape index (κ2) is 9.02. The highest BCUT2D eigenvalue weighted by molar-refractivity contribution is 7.86. The highest BCUT2D eigenvalue weighted by Gasteiger charge is 2.46. The van der Waals surface area contributed by atoms with Gasteiger partial charge >= 0.3 is 5.97 Å². The number of aliphatic hydroxyl groups excluding tert-OH is 1. The van der Waals surface area contributed by atoms with E-state index < -0.39 is 40.7 Å². The minimum atomic E-state index is -4.24. The summed E-state index contributed by atoms with van der Waals surface area (Å²) in [6, 6.07) is 14.2. The van der Waals surface area contributed by atoms with Crippen molar-refractivity contribution in [3.63, 3.8) is 0 Å². The monoisotopic (exact) mass is 422 g/mol. The average Bonchev–Trinajstić information content (AvgIpc) is 2.71. The summed E-state index contributed by atoms with van der Waals surface area (Å²) in [6.45, 7) is 1.58. The second-order valence-electron chi connectivity index (χ2n) is 6.57. The van der Waals surface area contributed by atoms with E-state index in [1.165, 1.54) is 19.2 Å². The molecule has 2 aromatic rings. The molecule has 3 rings (SSSR count). The maximum absolute atomic E-state index is 12.7. The van der Waals surface area contributed by atoms with Crippen LogP contribution >= 0.6 is 0 Å². The van der Waals surface area contributed by atoms with Gasteiger partial charge in [0, 0.05) is 7.11 Å². The van der Waals surface area contributed by atoms with Crippen molar-refractivity contribution < 1.29 is 36.7 Å². The van der Waals surface area contributed by atoms with Crippen LogP contribution < -0.4 is 0 Å². The molecule has 0 saturated carbocycles. The zero-order chi connectivity index (χ0) is 21.0. The highest BCUT2D eigenvalue weighted by atomic mass is 32.2. The molecule has 0 amide bonds. The van der Waals surface area contributed by atoms with Gasteiger partial charge in [0.1, 0.15) is 12.2 Å². The summed E-state index contributed by atoms with van der Waals surface area (Å²) in [6.07, 6.45) is -5.18. The first-order valence-corrected chi connectivity index (χ1v) is 10.3. The van der Waals surface area contributed by atoms with Gasteiger partial charge < -0.3 is 19.3 Å². The summed E-state index contributed by atoms with van der Waals surface area (Å²) in [5.74, 6) is -0.725. The lowest BCUT2D eigenvalue weighted by Crippen LogP contribution is -2.56. The molecule has 9 heteroatoms. The van der Waals surface area contributed by atoms with E-state index in [4.69, 9.17) is 18.4 Å². The molecule has 2 aromatic carbocycles. The standard InChI is InChI=1S/C20H22O8S/c1-13-8-10-15(11-9-13)29(23,24)28-17-16(21)12-26-20(25-2)18(17)27-19(22)14-6-4-3-5-7-14/h3-11,16-18,20-21H,12H2,1-2H3/t16-,17+,18-,20+/m1/s1. The highest BCUT2D eigenvalue weighted by Crippen LogP contribution is 2.27. The van der Waals surface area contributed by atoms with Crippen molar-refractivity contribution in [2.24, 2.45) is 0 Å². The first kappa shape index (κ1) is 21.4. The Hall–Kier alpha value is -2.30. The van der Waals surface area contributed by atoms with Crippen LogP contribution in [0.1, 0.15) is 15.9 Å². The number of carbonyl (C=O) groups is 1. The molecule has 1 aliphatic rings. The number of benzene rings is 2. The predicted molar refractivity (Wildman–Crippen MR) is 102 cm³/mol. The molecule has 29 heavy (non-hydrogen) atoms. The number of ether oxygens (including phenoxy) is 3. The van der Waals surface area contributed by atoms with E-state index >= 15 is 0 Å². The molecule has 8 nitrogen and oxygen atoms in total. The van der Waals surface area contributed by atoms with Crippen LogP contribution in [0.25, 0.3) is 0 Å². The molecule has 0 aromatic heterocycles. The van der Waals surface area contributed by atoms with E-state index in [0.717, 1.165) is 5.56 Å². The fourth-order valence-electron chi connectivity index (χ4n) is 2.87. The quantitative estimate of drug-likeness (QED) is 0.553. The van der Waals surface area contributed by atoms with Gasteiger partial charge in [0.05, 0.1) is 17.1 Å². The van der Waals surface area contributed by atoms with Crippen LogP contribution in [0.4, 0.5) is 0 Å². The van der Waals surface area contributed by atoms with Crippen LogP contribution in [0.3, 0.4) is 0 Å². The largest absolute Gasteiger partial charge is 0.450 e. The smallest absolute Gasteiger partial charge is 0.338 e. The number of carbonyl (C=O) groups excluding carboxylic acids is 1. The summed E-state index contributed by atoms with van der Waals surface area (Å²) < 4.78 is 46.6. The fraction of sp³-hybridized carbons (Fsp3) is 0.350. The Labute approximate surface area is 169 Å². The van der Waals surface area contributed by atoms with Crippen molar-refractivity contribution in [1.29, 1.82) is 0 Å². The van der Waals surface area contributed by atoms with E-state index in [1.807, 2.05) is 6.92 Å². The number of hydrogen-bond donors (Lipinski definition) is 1. The van der Waals surface area contributed by atoms with Crippen molar-refractivity contribution in [3.05, 3.63) is 65.7 Å². The maximum atomic E-state index is 12.7. The summed E-state index contributed by atoms with van der Waals surface area (Å²) >= 11 is 0. The molecule has 1 saturated heterocycles. The van der Waals surface area contributed by atoms with Gasteiger partial charge in [-0.15, -0.1) is 0 Å². The fourth-order valence-corrected chi connectivity index (χ4v) is 3.98. The van der Waals surface area contributed by atoms with Crippen molar-refractivity contribution in [3.8, 4) is 0 Å². The molecule has 4 atom stereocenters. The summed E-state index contributed by atoms with van der Waals surface area (Å²) in [7, 11) is -2.92. The van der Waals surface area contributed by atoms with E-state index in [0.29, 0.717) is 0 Å². The number of aliphatic hydroxyl groups is 1.